The summed E-state index contributed by atoms with van der Waals surface area (Å²) in [5, 5.41) is 49.8. The van der Waals surface area contributed by atoms with Gasteiger partial charge in [-0.15, -0.1) is 10.2 Å². The maximum absolute atomic E-state index is 13.9. The normalized spacial score (nSPS) is 21.1. The number of pyridine rings is 1. The maximum atomic E-state index is 13.9. The number of carboxylic acid groups (broad SMARTS) is 1. The highest BCUT2D eigenvalue weighted by Gasteiger charge is 2.66. The van der Waals surface area contributed by atoms with Gasteiger partial charge in [0.1, 0.15) is 24.5 Å². The number of ether oxygens (including phenoxy) is 3. The molecule has 4 saturated carbocycles. The summed E-state index contributed by atoms with van der Waals surface area (Å²) < 4.78 is 21.5. The van der Waals surface area contributed by atoms with Gasteiger partial charge in [-0.1, -0.05) is 63.3 Å². The summed E-state index contributed by atoms with van der Waals surface area (Å²) in [6.07, 6.45) is 11.2. The molecule has 28 nitrogen and oxygen atoms in total. The number of carbonyl (C=O) groups excluding carboxylic acids is 7. The number of hydrogen-bond acceptors (Lipinski definition) is 20. The number of nitrogens with two attached hydrogens (primary N) is 1. The molecule has 12 rings (SSSR count). The lowest BCUT2D eigenvalue weighted by molar-refractivity contribution is -0.248. The van der Waals surface area contributed by atoms with E-state index in [0.29, 0.717) is 59.3 Å². The number of rotatable bonds is 32. The molecular formula is C71H89N15O13S. The zero-order valence-corrected chi connectivity index (χ0v) is 58.2. The minimum Gasteiger partial charge on any atom is -0.476 e. The number of carboxylic acids is 1. The Hall–Kier alpha value is -9.45. The number of thiazole rings is 1. The van der Waals surface area contributed by atoms with Crippen LogP contribution in [0.2, 0.25) is 0 Å². The Balaban J connectivity index is 0.689. The van der Waals surface area contributed by atoms with Crippen molar-refractivity contribution in [1.82, 2.24) is 55.7 Å². The Morgan fingerprint density at radius 2 is 1.58 bits per heavy atom. The number of aromatic carboxylic acids is 1. The summed E-state index contributed by atoms with van der Waals surface area (Å²) in [7, 11) is 0. The average molecular weight is 1390 g/mol. The van der Waals surface area contributed by atoms with Gasteiger partial charge < -0.3 is 66.5 Å². The number of aliphatic hydroxyl groups excluding tert-OH is 1. The molecule has 8 amide bonds. The number of urea groups is 1. The van der Waals surface area contributed by atoms with Crippen molar-refractivity contribution in [2.24, 2.45) is 27.9 Å². The van der Waals surface area contributed by atoms with Crippen molar-refractivity contribution < 1.29 is 62.8 Å². The lowest BCUT2D eigenvalue weighted by atomic mass is 9.39. The number of imide groups is 1. The third-order valence-electron chi connectivity index (χ3n) is 19.7. The van der Waals surface area contributed by atoms with Crippen LogP contribution in [0, 0.1) is 36.0 Å². The monoisotopic (exact) mass is 1390 g/mol. The first-order valence-corrected chi connectivity index (χ1v) is 35.0. The van der Waals surface area contributed by atoms with E-state index in [9.17, 15) is 48.6 Å². The van der Waals surface area contributed by atoms with Gasteiger partial charge in [0.2, 0.25) is 17.7 Å². The largest absolute Gasteiger partial charge is 0.476 e. The molecule has 4 bridgehead atoms. The second-order valence-electron chi connectivity index (χ2n) is 28.3. The van der Waals surface area contributed by atoms with Gasteiger partial charge in [-0.25, -0.2) is 24.4 Å². The highest BCUT2D eigenvalue weighted by Crippen LogP contribution is 2.72. The van der Waals surface area contributed by atoms with Crippen molar-refractivity contribution in [3.8, 4) is 11.1 Å². The Labute approximate surface area is 583 Å². The van der Waals surface area contributed by atoms with E-state index in [1.165, 1.54) is 12.2 Å². The van der Waals surface area contributed by atoms with Crippen LogP contribution >= 0.6 is 11.3 Å². The molecular weight excluding hydrogens is 1300 g/mol. The second kappa shape index (κ2) is 30.6. The fraction of sp³-hybridized carbons (Fsp3) is 0.507. The molecule has 4 fully saturated rings. The number of hydrogen-bond donors (Lipinski definition) is 8. The lowest BCUT2D eigenvalue weighted by Gasteiger charge is -2.69. The van der Waals surface area contributed by atoms with E-state index in [1.54, 1.807) is 60.5 Å². The summed E-state index contributed by atoms with van der Waals surface area (Å²) in [5.41, 5.74) is 10.3. The summed E-state index contributed by atoms with van der Waals surface area (Å²) in [4.78, 5) is 117. The zero-order chi connectivity index (χ0) is 71.1. The predicted octanol–water partition coefficient (Wildman–Crippen LogP) is 7.99. The number of anilines is 5. The second-order valence-corrected chi connectivity index (χ2v) is 29.4. The van der Waals surface area contributed by atoms with E-state index in [4.69, 9.17) is 35.0 Å². The molecule has 6 aliphatic rings. The highest BCUT2D eigenvalue weighted by molar-refractivity contribution is 7.22. The first-order chi connectivity index (χ1) is 47.8. The van der Waals surface area contributed by atoms with Crippen LogP contribution in [0.1, 0.15) is 131 Å². The first kappa shape index (κ1) is 71.8. The van der Waals surface area contributed by atoms with Gasteiger partial charge in [-0.2, -0.15) is 5.10 Å². The van der Waals surface area contributed by atoms with Gasteiger partial charge in [0.05, 0.1) is 48.4 Å². The number of para-hydroxylation sites is 1. The molecule has 0 saturated heterocycles. The number of amides is 8. The topological polar surface area (TPSA) is 370 Å². The number of carbonyl (C=O) groups is 8. The SMILES string of the molecule is Cc1c(Nc2nc3ccccc3s2)nnc2c1CCCN2c1ccc(-c2cnn(CC34CC5(OCCN(CCCO)C(=O)OCc6ccc(NC(=O)[C@H](CCCNC(N)=O)NC(=O)[C@@H](NC(=O)CCOCCN7C(=O)C=CC7=O)C(C)C)cc6)C[C@](C)(C3)C[C@](C)(C4)C5)c2C)c(C(=O)O)n1. The summed E-state index contributed by atoms with van der Waals surface area (Å²) in [5.74, 6) is -2.38. The number of primary amides is 1. The van der Waals surface area contributed by atoms with Crippen molar-refractivity contribution in [1.29, 1.82) is 0 Å². The van der Waals surface area contributed by atoms with Crippen LogP contribution < -0.4 is 37.2 Å². The number of nitrogens with one attached hydrogen (secondary N) is 5. The molecule has 6 heterocycles. The average Bonchev–Trinajstić information content (AvgIpc) is 0.818. The first-order valence-electron chi connectivity index (χ1n) is 34.2. The quantitative estimate of drug-likeness (QED) is 0.0146. The van der Waals surface area contributed by atoms with E-state index in [-0.39, 0.29) is 100 Å². The lowest BCUT2D eigenvalue weighted by Crippen LogP contribution is -2.64. The van der Waals surface area contributed by atoms with E-state index >= 15 is 0 Å². The van der Waals surface area contributed by atoms with E-state index in [0.717, 1.165) is 88.4 Å². The van der Waals surface area contributed by atoms with Gasteiger partial charge in [0.15, 0.2) is 22.5 Å². The van der Waals surface area contributed by atoms with Crippen LogP contribution in [-0.4, -0.2) is 174 Å². The molecule has 2 aliphatic heterocycles. The Kier molecular flexibility index (Phi) is 22.0. The smallest absolute Gasteiger partial charge is 0.410 e. The Bertz CT molecular complexity index is 4030. The van der Waals surface area contributed by atoms with Crippen molar-refractivity contribution in [2.45, 2.75) is 149 Å². The van der Waals surface area contributed by atoms with Crippen LogP contribution in [-0.2, 0) is 57.8 Å². The molecule has 0 spiro atoms. The number of benzene rings is 2. The molecule has 532 valence electrons. The van der Waals surface area contributed by atoms with E-state index in [2.05, 4.69) is 50.6 Å². The standard InChI is InChI=1S/C71H89N15O13S/c1-43(2)58(79-55(88)24-31-97-32-29-85-56(89)22-23-57(85)90)63(92)76-52(14-9-25-73-65(72)95)62(91)75-47-18-16-46(17-19-47)35-98-67(96)83(26-11-30-87)28-33-99-71-39-68(5)36-69(6,40-71)38-70(37-68,41-71)42-86-45(4)50(34-74-86)49-20-21-54(78-59(49)64(93)94)84-27-10-12-48-44(3)60(81-82-61(48)84)80-66-77-51-13-7-8-15-53(51)100-66/h7-8,13,15-23,34,43,52,58,87H,9-12,14,24-33,35-42H2,1-6H3,(H,75,91)(H,76,92)(H,79,88)(H,93,94)(H3,72,73,95)(H,77,80,81)/t52-,58-,68-,69+,70?,71?/m0/s1. The summed E-state index contributed by atoms with van der Waals surface area (Å²) in [6.45, 7) is 14.0. The van der Waals surface area contributed by atoms with Crippen molar-refractivity contribution >= 4 is 97.5 Å². The van der Waals surface area contributed by atoms with Crippen LogP contribution in [0.3, 0.4) is 0 Å². The van der Waals surface area contributed by atoms with E-state index < -0.39 is 71.2 Å². The molecule has 2 aromatic carbocycles. The summed E-state index contributed by atoms with van der Waals surface area (Å²) in [6, 6.07) is 15.4. The van der Waals surface area contributed by atoms with Gasteiger partial charge in [0, 0.05) is 91.5 Å². The number of nitrogens with zero attached hydrogens (tertiary/aromatic N) is 9. The van der Waals surface area contributed by atoms with Crippen molar-refractivity contribution in [3.05, 3.63) is 107 Å². The van der Waals surface area contributed by atoms with Crippen LogP contribution in [0.4, 0.5) is 37.9 Å². The van der Waals surface area contributed by atoms with Crippen molar-refractivity contribution in [3.63, 3.8) is 0 Å². The van der Waals surface area contributed by atoms with E-state index in [1.807, 2.05) is 59.8 Å². The molecule has 9 N–H and O–H groups in total. The molecule has 100 heavy (non-hydrogen) atoms. The summed E-state index contributed by atoms with van der Waals surface area (Å²) >= 11 is 1.54. The number of aromatic nitrogens is 6. The Morgan fingerprint density at radius 1 is 0.830 bits per heavy atom. The molecule has 29 heteroatoms. The molecule has 0 radical (unpaired) electrons. The molecule has 4 aromatic heterocycles. The molecule has 6 aromatic rings. The highest BCUT2D eigenvalue weighted by atomic mass is 32.1. The third kappa shape index (κ3) is 16.7. The van der Waals surface area contributed by atoms with Gasteiger partial charge in [-0.3, -0.25) is 33.6 Å². The van der Waals surface area contributed by atoms with Gasteiger partial charge >= 0.3 is 18.1 Å². The molecule has 4 aliphatic carbocycles. The van der Waals surface area contributed by atoms with Crippen LogP contribution in [0.15, 0.2) is 79.0 Å². The fourth-order valence-corrected chi connectivity index (χ4v) is 17.1. The molecule has 2 unspecified atom stereocenters. The van der Waals surface area contributed by atoms with Crippen molar-refractivity contribution in [2.75, 3.05) is 74.7 Å². The molecule has 6 atom stereocenters. The predicted molar refractivity (Wildman–Crippen MR) is 373 cm³/mol. The third-order valence-corrected chi connectivity index (χ3v) is 20.6. The Morgan fingerprint density at radius 3 is 2.29 bits per heavy atom. The number of fused-ring (bicyclic) bond motifs is 2. The van der Waals surface area contributed by atoms with Gasteiger partial charge in [0.25, 0.3) is 11.8 Å². The van der Waals surface area contributed by atoms with Gasteiger partial charge in [-0.05, 0) is 149 Å². The minimum absolute atomic E-state index is 0.0192. The fourth-order valence-electron chi connectivity index (χ4n) is 16.2. The maximum Gasteiger partial charge on any atom is 0.410 e. The van der Waals surface area contributed by atoms with Crippen LogP contribution in [0.5, 0.6) is 0 Å². The minimum atomic E-state index is -1.16. The zero-order valence-electron chi connectivity index (χ0n) is 57.4. The van der Waals surface area contributed by atoms with Crippen LogP contribution in [0.25, 0.3) is 21.3 Å². The number of aliphatic hydroxyl groups is 1.